The van der Waals surface area contributed by atoms with Crippen LogP contribution in [0.1, 0.15) is 35.7 Å². The summed E-state index contributed by atoms with van der Waals surface area (Å²) in [5.41, 5.74) is 1.18. The summed E-state index contributed by atoms with van der Waals surface area (Å²) < 4.78 is 0. The Morgan fingerprint density at radius 1 is 1.25 bits per heavy atom. The first-order chi connectivity index (χ1) is 11.7. The highest BCUT2D eigenvalue weighted by Gasteiger charge is 2.24. The number of halogens is 1. The van der Waals surface area contributed by atoms with Gasteiger partial charge >= 0.3 is 0 Å². The number of aryl methyl sites for hydroxylation is 1. The number of carbonyl (C=O) groups excluding carboxylic acids is 1. The Bertz CT molecular complexity index is 653. The van der Waals surface area contributed by atoms with Crippen LogP contribution in [0.2, 0.25) is 5.02 Å². The third-order valence-electron chi connectivity index (χ3n) is 4.49. The molecule has 1 aromatic heterocycles. The Labute approximate surface area is 152 Å². The van der Waals surface area contributed by atoms with Crippen LogP contribution in [0.5, 0.6) is 0 Å². The second kappa shape index (κ2) is 8.65. The Hall–Kier alpha value is -1.36. The first-order valence-electron chi connectivity index (χ1n) is 8.51. The summed E-state index contributed by atoms with van der Waals surface area (Å²) in [5, 5.41) is 5.92. The standard InChI is InChI=1S/C19H23ClN2OS/c20-16-6-3-5-15(13-16)18(22-10-1-2-11-22)14-21-19(23)9-8-17-7-4-12-24-17/h3-7,12-13,18H,1-2,8-11,14H2,(H,21,23). The number of thiophene rings is 1. The number of nitrogens with zero attached hydrogens (tertiary/aromatic N) is 1. The van der Waals surface area contributed by atoms with Crippen molar-refractivity contribution in [3.05, 3.63) is 57.2 Å². The average Bonchev–Trinajstić information content (AvgIpc) is 3.27. The summed E-state index contributed by atoms with van der Waals surface area (Å²) in [7, 11) is 0. The molecule has 2 aromatic rings. The quantitative estimate of drug-likeness (QED) is 0.797. The van der Waals surface area contributed by atoms with Crippen LogP contribution in [0.25, 0.3) is 0 Å². The van der Waals surface area contributed by atoms with Crippen molar-refractivity contribution in [2.24, 2.45) is 0 Å². The SMILES string of the molecule is O=C(CCc1cccs1)NCC(c1cccc(Cl)c1)N1CCCC1. The molecule has 2 heterocycles. The van der Waals surface area contributed by atoms with Crippen LogP contribution in [0.15, 0.2) is 41.8 Å². The lowest BCUT2D eigenvalue weighted by Gasteiger charge is -2.28. The molecule has 1 unspecified atom stereocenters. The Kier molecular flexibility index (Phi) is 6.30. The number of hydrogen-bond donors (Lipinski definition) is 1. The fourth-order valence-electron chi connectivity index (χ4n) is 3.22. The molecule has 24 heavy (non-hydrogen) atoms. The lowest BCUT2D eigenvalue weighted by Crippen LogP contribution is -2.36. The van der Waals surface area contributed by atoms with E-state index in [2.05, 4.69) is 27.7 Å². The zero-order chi connectivity index (χ0) is 16.8. The van der Waals surface area contributed by atoms with E-state index in [1.165, 1.54) is 23.3 Å². The second-order valence-corrected chi connectivity index (χ2v) is 7.67. The maximum absolute atomic E-state index is 12.2. The normalized spacial score (nSPS) is 16.2. The monoisotopic (exact) mass is 362 g/mol. The van der Waals surface area contributed by atoms with Gasteiger partial charge in [-0.25, -0.2) is 0 Å². The van der Waals surface area contributed by atoms with Crippen LogP contribution in [0, 0.1) is 0 Å². The minimum Gasteiger partial charge on any atom is -0.354 e. The summed E-state index contributed by atoms with van der Waals surface area (Å²) in [4.78, 5) is 15.9. The molecule has 1 N–H and O–H groups in total. The van der Waals surface area contributed by atoms with Crippen molar-refractivity contribution in [2.45, 2.75) is 31.7 Å². The van der Waals surface area contributed by atoms with Crippen LogP contribution >= 0.6 is 22.9 Å². The minimum absolute atomic E-state index is 0.120. The molecule has 0 spiro atoms. The van der Waals surface area contributed by atoms with E-state index in [0.29, 0.717) is 13.0 Å². The van der Waals surface area contributed by atoms with Crippen LogP contribution in [-0.2, 0) is 11.2 Å². The van der Waals surface area contributed by atoms with Gasteiger partial charge in [-0.1, -0.05) is 29.8 Å². The molecule has 1 aliphatic heterocycles. The zero-order valence-corrected chi connectivity index (χ0v) is 15.3. The highest BCUT2D eigenvalue weighted by molar-refractivity contribution is 7.09. The molecule has 0 radical (unpaired) electrons. The predicted octanol–water partition coefficient (Wildman–Crippen LogP) is 4.29. The number of carbonyl (C=O) groups is 1. The second-order valence-electron chi connectivity index (χ2n) is 6.20. The third-order valence-corrected chi connectivity index (χ3v) is 5.66. The first kappa shape index (κ1) is 17.5. The van der Waals surface area contributed by atoms with Gasteiger partial charge in [0, 0.05) is 22.9 Å². The average molecular weight is 363 g/mol. The lowest BCUT2D eigenvalue weighted by molar-refractivity contribution is -0.121. The van der Waals surface area contributed by atoms with Crippen molar-refractivity contribution in [1.29, 1.82) is 0 Å². The molecule has 3 nitrogen and oxygen atoms in total. The molecular formula is C19H23ClN2OS. The van der Waals surface area contributed by atoms with Crippen molar-refractivity contribution in [1.82, 2.24) is 10.2 Å². The molecule has 5 heteroatoms. The smallest absolute Gasteiger partial charge is 0.220 e. The number of hydrogen-bond acceptors (Lipinski definition) is 3. The number of benzene rings is 1. The zero-order valence-electron chi connectivity index (χ0n) is 13.7. The molecule has 1 aliphatic rings. The summed E-state index contributed by atoms with van der Waals surface area (Å²) >= 11 is 7.87. The van der Waals surface area contributed by atoms with E-state index >= 15 is 0 Å². The molecule has 0 aliphatic carbocycles. The Morgan fingerprint density at radius 2 is 2.08 bits per heavy atom. The van der Waals surface area contributed by atoms with Gasteiger partial charge < -0.3 is 5.32 Å². The van der Waals surface area contributed by atoms with E-state index in [1.54, 1.807) is 11.3 Å². The van der Waals surface area contributed by atoms with Gasteiger partial charge in [-0.3, -0.25) is 9.69 Å². The van der Waals surface area contributed by atoms with E-state index in [-0.39, 0.29) is 11.9 Å². The molecule has 0 bridgehead atoms. The van der Waals surface area contributed by atoms with Gasteiger partial charge in [0.1, 0.15) is 0 Å². The van der Waals surface area contributed by atoms with Gasteiger partial charge in [0.05, 0.1) is 6.04 Å². The van der Waals surface area contributed by atoms with Gasteiger partial charge in [0.25, 0.3) is 0 Å². The topological polar surface area (TPSA) is 32.3 Å². The van der Waals surface area contributed by atoms with Crippen LogP contribution in [0.3, 0.4) is 0 Å². The molecule has 1 saturated heterocycles. The molecule has 1 atom stereocenters. The Morgan fingerprint density at radius 3 is 2.79 bits per heavy atom. The summed E-state index contributed by atoms with van der Waals surface area (Å²) in [6.45, 7) is 2.81. The molecule has 0 saturated carbocycles. The van der Waals surface area contributed by atoms with E-state index in [1.807, 2.05) is 24.3 Å². The van der Waals surface area contributed by atoms with Crippen LogP contribution < -0.4 is 5.32 Å². The van der Waals surface area contributed by atoms with Crippen LogP contribution in [-0.4, -0.2) is 30.4 Å². The fraction of sp³-hybridized carbons (Fsp3) is 0.421. The fourth-order valence-corrected chi connectivity index (χ4v) is 4.12. The molecular weight excluding hydrogens is 340 g/mol. The largest absolute Gasteiger partial charge is 0.354 e. The molecule has 1 fully saturated rings. The van der Waals surface area contributed by atoms with Gasteiger partial charge in [0.15, 0.2) is 0 Å². The van der Waals surface area contributed by atoms with Crippen molar-refractivity contribution in [3.8, 4) is 0 Å². The molecule has 3 rings (SSSR count). The summed E-state index contributed by atoms with van der Waals surface area (Å²) in [6, 6.07) is 12.3. The van der Waals surface area contributed by atoms with Crippen molar-refractivity contribution >= 4 is 28.8 Å². The number of rotatable bonds is 7. The summed E-state index contributed by atoms with van der Waals surface area (Å²) in [5.74, 6) is 0.120. The molecule has 128 valence electrons. The maximum Gasteiger partial charge on any atom is 0.220 e. The number of amides is 1. The first-order valence-corrected chi connectivity index (χ1v) is 9.77. The molecule has 1 amide bonds. The van der Waals surface area contributed by atoms with Crippen molar-refractivity contribution < 1.29 is 4.79 Å². The van der Waals surface area contributed by atoms with Crippen LogP contribution in [0.4, 0.5) is 0 Å². The van der Waals surface area contributed by atoms with Gasteiger partial charge in [-0.15, -0.1) is 11.3 Å². The third kappa shape index (κ3) is 4.82. The maximum atomic E-state index is 12.2. The number of likely N-dealkylation sites (tertiary alicyclic amines) is 1. The van der Waals surface area contributed by atoms with E-state index in [4.69, 9.17) is 11.6 Å². The van der Waals surface area contributed by atoms with E-state index < -0.39 is 0 Å². The predicted molar refractivity (Wildman–Crippen MR) is 101 cm³/mol. The van der Waals surface area contributed by atoms with Crippen molar-refractivity contribution in [2.75, 3.05) is 19.6 Å². The van der Waals surface area contributed by atoms with Gasteiger partial charge in [0.2, 0.25) is 5.91 Å². The summed E-state index contributed by atoms with van der Waals surface area (Å²) in [6.07, 6.45) is 3.81. The van der Waals surface area contributed by atoms with Gasteiger partial charge in [-0.05, 0) is 61.5 Å². The van der Waals surface area contributed by atoms with E-state index in [0.717, 1.165) is 24.5 Å². The molecule has 1 aromatic carbocycles. The Balaban J connectivity index is 1.58. The highest BCUT2D eigenvalue weighted by Crippen LogP contribution is 2.26. The highest BCUT2D eigenvalue weighted by atomic mass is 35.5. The van der Waals surface area contributed by atoms with Crippen molar-refractivity contribution in [3.63, 3.8) is 0 Å². The lowest BCUT2D eigenvalue weighted by atomic mass is 10.1. The van der Waals surface area contributed by atoms with Gasteiger partial charge in [-0.2, -0.15) is 0 Å². The minimum atomic E-state index is 0.120. The number of nitrogens with one attached hydrogen (secondary N) is 1. The van der Waals surface area contributed by atoms with E-state index in [9.17, 15) is 4.79 Å².